The molecule has 2 rings (SSSR count). The van der Waals surface area contributed by atoms with E-state index < -0.39 is 0 Å². The smallest absolute Gasteiger partial charge is 0.137 e. The molecule has 0 aliphatic rings. The lowest BCUT2D eigenvalue weighted by molar-refractivity contribution is 0.758. The average molecular weight is 291 g/mol. The number of thiazole rings is 1. The fraction of sp³-hybridized carbons (Fsp3) is 0.500. The maximum absolute atomic E-state index is 4.71. The summed E-state index contributed by atoms with van der Waals surface area (Å²) in [5, 5.41) is 5.22. The van der Waals surface area contributed by atoms with E-state index in [0.717, 1.165) is 35.3 Å². The van der Waals surface area contributed by atoms with Crippen LogP contribution in [0.1, 0.15) is 36.8 Å². The van der Waals surface area contributed by atoms with Gasteiger partial charge < -0.3 is 10.2 Å². The van der Waals surface area contributed by atoms with Gasteiger partial charge in [-0.05, 0) is 6.92 Å². The number of nitrogens with one attached hydrogen (secondary N) is 1. The van der Waals surface area contributed by atoms with E-state index in [9.17, 15) is 0 Å². The van der Waals surface area contributed by atoms with E-state index in [0.29, 0.717) is 5.92 Å². The van der Waals surface area contributed by atoms with Crippen molar-refractivity contribution in [2.45, 2.75) is 33.2 Å². The zero-order valence-electron chi connectivity index (χ0n) is 12.6. The molecule has 0 unspecified atom stereocenters. The molecule has 20 heavy (non-hydrogen) atoms. The summed E-state index contributed by atoms with van der Waals surface area (Å²) in [6.45, 7) is 7.01. The lowest BCUT2D eigenvalue weighted by atomic mass is 10.2. The molecular formula is C14H21N5S. The molecule has 0 saturated carbocycles. The van der Waals surface area contributed by atoms with Gasteiger partial charge >= 0.3 is 0 Å². The number of rotatable bonds is 5. The van der Waals surface area contributed by atoms with Crippen LogP contribution in [0.2, 0.25) is 0 Å². The Labute approximate surface area is 124 Å². The van der Waals surface area contributed by atoms with Gasteiger partial charge in [-0.2, -0.15) is 0 Å². The van der Waals surface area contributed by atoms with Gasteiger partial charge in [-0.15, -0.1) is 11.3 Å². The summed E-state index contributed by atoms with van der Waals surface area (Å²) < 4.78 is 0. The highest BCUT2D eigenvalue weighted by molar-refractivity contribution is 7.07. The summed E-state index contributed by atoms with van der Waals surface area (Å²) in [7, 11) is 3.93. The molecule has 1 N–H and O–H groups in total. The van der Waals surface area contributed by atoms with E-state index in [2.05, 4.69) is 39.4 Å². The summed E-state index contributed by atoms with van der Waals surface area (Å²) in [5.74, 6) is 3.01. The predicted octanol–water partition coefficient (Wildman–Crippen LogP) is 3.04. The van der Waals surface area contributed by atoms with Gasteiger partial charge in [-0.1, -0.05) is 13.8 Å². The van der Waals surface area contributed by atoms with E-state index in [1.807, 2.05) is 26.5 Å². The number of hydrogen-bond acceptors (Lipinski definition) is 6. The molecule has 6 heteroatoms. The molecule has 0 atom stereocenters. The minimum Gasteiger partial charge on any atom is -0.373 e. The number of hydrogen-bond donors (Lipinski definition) is 1. The maximum atomic E-state index is 4.71. The topological polar surface area (TPSA) is 53.9 Å². The Bertz CT molecular complexity index is 565. The molecular weight excluding hydrogens is 270 g/mol. The van der Waals surface area contributed by atoms with E-state index in [1.165, 1.54) is 0 Å². The first-order valence-electron chi connectivity index (χ1n) is 6.67. The number of aromatic nitrogens is 3. The zero-order valence-corrected chi connectivity index (χ0v) is 13.5. The Kier molecular flexibility index (Phi) is 4.54. The van der Waals surface area contributed by atoms with Crippen molar-refractivity contribution in [3.8, 4) is 0 Å². The summed E-state index contributed by atoms with van der Waals surface area (Å²) >= 11 is 1.61. The van der Waals surface area contributed by atoms with Gasteiger partial charge in [-0.25, -0.2) is 15.0 Å². The molecule has 0 saturated heterocycles. The van der Waals surface area contributed by atoms with E-state index in [1.54, 1.807) is 11.3 Å². The van der Waals surface area contributed by atoms with Crippen molar-refractivity contribution in [3.63, 3.8) is 0 Å². The van der Waals surface area contributed by atoms with Gasteiger partial charge in [0.15, 0.2) is 0 Å². The maximum Gasteiger partial charge on any atom is 0.137 e. The predicted molar refractivity (Wildman–Crippen MR) is 84.6 cm³/mol. The Morgan fingerprint density at radius 1 is 1.35 bits per heavy atom. The molecule has 0 aliphatic heterocycles. The molecule has 2 aromatic rings. The number of anilines is 2. The molecule has 0 bridgehead atoms. The van der Waals surface area contributed by atoms with Crippen LogP contribution in [-0.2, 0) is 6.54 Å². The van der Waals surface area contributed by atoms with Gasteiger partial charge in [0.25, 0.3) is 0 Å². The molecule has 0 aromatic carbocycles. The van der Waals surface area contributed by atoms with Crippen LogP contribution in [0.5, 0.6) is 0 Å². The summed E-state index contributed by atoms with van der Waals surface area (Å²) in [5.41, 5.74) is 3.98. The third kappa shape index (κ3) is 3.07. The first-order valence-corrected chi connectivity index (χ1v) is 7.61. The summed E-state index contributed by atoms with van der Waals surface area (Å²) in [6.07, 6.45) is 0. The van der Waals surface area contributed by atoms with Crippen LogP contribution in [0.15, 0.2) is 10.9 Å². The normalized spacial score (nSPS) is 10.9. The first-order chi connectivity index (χ1) is 9.52. The fourth-order valence-electron chi connectivity index (χ4n) is 2.03. The third-order valence-corrected chi connectivity index (χ3v) is 3.77. The van der Waals surface area contributed by atoms with Crippen molar-refractivity contribution in [2.75, 3.05) is 24.3 Å². The minimum absolute atomic E-state index is 0.300. The molecule has 5 nitrogen and oxygen atoms in total. The van der Waals surface area contributed by atoms with Crippen LogP contribution in [0.4, 0.5) is 11.6 Å². The monoisotopic (exact) mass is 291 g/mol. The van der Waals surface area contributed by atoms with Crippen molar-refractivity contribution >= 4 is 23.0 Å². The standard InChI is InChI=1S/C14H21N5S/c1-9(2)12-17-13(15-4)10(3)14(18-12)19(5)6-11-7-20-8-16-11/h7-9H,6H2,1-5H3,(H,15,17,18). The van der Waals surface area contributed by atoms with E-state index in [-0.39, 0.29) is 0 Å². The second-order valence-corrected chi connectivity index (χ2v) is 5.84. The van der Waals surface area contributed by atoms with Crippen molar-refractivity contribution in [2.24, 2.45) is 0 Å². The molecule has 0 fully saturated rings. The lowest BCUT2D eigenvalue weighted by Gasteiger charge is -2.22. The van der Waals surface area contributed by atoms with E-state index in [4.69, 9.17) is 4.98 Å². The largest absolute Gasteiger partial charge is 0.373 e. The van der Waals surface area contributed by atoms with Crippen molar-refractivity contribution in [1.29, 1.82) is 0 Å². The Morgan fingerprint density at radius 2 is 2.10 bits per heavy atom. The van der Waals surface area contributed by atoms with Crippen molar-refractivity contribution < 1.29 is 0 Å². The summed E-state index contributed by atoms with van der Waals surface area (Å²) in [4.78, 5) is 15.7. The molecule has 0 aliphatic carbocycles. The molecule has 0 spiro atoms. The number of nitrogens with zero attached hydrogens (tertiary/aromatic N) is 4. The highest BCUT2D eigenvalue weighted by Gasteiger charge is 2.15. The average Bonchev–Trinajstić information content (AvgIpc) is 2.91. The SMILES string of the molecule is CNc1nc(C(C)C)nc(N(C)Cc2cscn2)c1C. The van der Waals surface area contributed by atoms with Crippen LogP contribution in [0, 0.1) is 6.92 Å². The second kappa shape index (κ2) is 6.17. The van der Waals surface area contributed by atoms with Crippen molar-refractivity contribution in [3.05, 3.63) is 28.0 Å². The molecule has 2 heterocycles. The molecule has 108 valence electrons. The van der Waals surface area contributed by atoms with E-state index >= 15 is 0 Å². The van der Waals surface area contributed by atoms with Crippen LogP contribution in [0.3, 0.4) is 0 Å². The van der Waals surface area contributed by atoms with Crippen LogP contribution in [-0.4, -0.2) is 29.0 Å². The summed E-state index contributed by atoms with van der Waals surface area (Å²) in [6, 6.07) is 0. The van der Waals surface area contributed by atoms with Crippen molar-refractivity contribution in [1.82, 2.24) is 15.0 Å². The molecule has 2 aromatic heterocycles. The Balaban J connectivity index is 2.36. The molecule has 0 radical (unpaired) electrons. The van der Waals surface area contributed by atoms with Crippen LogP contribution in [0.25, 0.3) is 0 Å². The third-order valence-electron chi connectivity index (χ3n) is 3.13. The quantitative estimate of drug-likeness (QED) is 0.917. The van der Waals surface area contributed by atoms with Gasteiger partial charge in [0, 0.05) is 31.0 Å². The minimum atomic E-state index is 0.300. The first kappa shape index (κ1) is 14.7. The van der Waals surface area contributed by atoms with Crippen LogP contribution >= 0.6 is 11.3 Å². The lowest BCUT2D eigenvalue weighted by Crippen LogP contribution is -2.21. The van der Waals surface area contributed by atoms with Gasteiger partial charge in [-0.3, -0.25) is 0 Å². The second-order valence-electron chi connectivity index (χ2n) is 5.12. The molecule has 0 amide bonds. The Morgan fingerprint density at radius 3 is 2.65 bits per heavy atom. The van der Waals surface area contributed by atoms with Gasteiger partial charge in [0.1, 0.15) is 17.5 Å². The Hall–Kier alpha value is -1.69. The highest BCUT2D eigenvalue weighted by atomic mass is 32.1. The highest BCUT2D eigenvalue weighted by Crippen LogP contribution is 2.26. The zero-order chi connectivity index (χ0) is 14.7. The van der Waals surface area contributed by atoms with Crippen LogP contribution < -0.4 is 10.2 Å². The fourth-order valence-corrected chi connectivity index (χ4v) is 2.58. The van der Waals surface area contributed by atoms with Gasteiger partial charge in [0.05, 0.1) is 17.7 Å². The van der Waals surface area contributed by atoms with Gasteiger partial charge in [0.2, 0.25) is 0 Å².